The van der Waals surface area contributed by atoms with E-state index in [1.807, 2.05) is 49.4 Å². The third-order valence-corrected chi connectivity index (χ3v) is 4.11. The number of rotatable bonds is 8. The number of anilines is 1. The molecule has 1 atom stereocenters. The lowest BCUT2D eigenvalue weighted by molar-refractivity contribution is -0.122. The van der Waals surface area contributed by atoms with E-state index in [1.54, 1.807) is 32.2 Å². The molecule has 2 aromatic carbocycles. The van der Waals surface area contributed by atoms with E-state index in [-0.39, 0.29) is 5.91 Å². The Bertz CT molecular complexity index is 926. The van der Waals surface area contributed by atoms with Gasteiger partial charge in [-0.1, -0.05) is 12.1 Å². The minimum Gasteiger partial charge on any atom is -0.494 e. The molecule has 1 aromatic heterocycles. The highest BCUT2D eigenvalue weighted by atomic mass is 16.5. The maximum atomic E-state index is 12.4. The summed E-state index contributed by atoms with van der Waals surface area (Å²) in [5.41, 5.74) is 2.27. The molecular formula is C22H23N3O4. The van der Waals surface area contributed by atoms with Crippen LogP contribution in [-0.2, 0) is 4.79 Å². The fourth-order valence-electron chi connectivity index (χ4n) is 2.59. The lowest BCUT2D eigenvalue weighted by Crippen LogP contribution is -2.30. The Hall–Kier alpha value is -3.61. The quantitative estimate of drug-likeness (QED) is 0.624. The molecule has 0 aliphatic carbocycles. The van der Waals surface area contributed by atoms with Gasteiger partial charge in [-0.25, -0.2) is 0 Å². The highest BCUT2D eigenvalue weighted by Crippen LogP contribution is 2.21. The zero-order valence-electron chi connectivity index (χ0n) is 16.6. The van der Waals surface area contributed by atoms with E-state index >= 15 is 0 Å². The number of nitrogens with one attached hydrogen (secondary N) is 1. The maximum absolute atomic E-state index is 12.4. The molecule has 3 aromatic rings. The molecule has 0 radical (unpaired) electrons. The number of ether oxygens (including phenoxy) is 3. The van der Waals surface area contributed by atoms with Gasteiger partial charge in [0.1, 0.15) is 11.5 Å². The summed E-state index contributed by atoms with van der Waals surface area (Å²) in [4.78, 5) is 12.4. The fourth-order valence-corrected chi connectivity index (χ4v) is 2.59. The highest BCUT2D eigenvalue weighted by Gasteiger charge is 2.15. The van der Waals surface area contributed by atoms with Crippen LogP contribution >= 0.6 is 0 Å². The van der Waals surface area contributed by atoms with Crippen molar-refractivity contribution < 1.29 is 19.0 Å². The zero-order valence-corrected chi connectivity index (χ0v) is 16.6. The number of carbonyl (C=O) groups is 1. The summed E-state index contributed by atoms with van der Waals surface area (Å²) in [6.07, 6.45) is -0.653. The van der Waals surface area contributed by atoms with Crippen LogP contribution < -0.4 is 19.5 Å². The van der Waals surface area contributed by atoms with Crippen molar-refractivity contribution in [3.8, 4) is 28.6 Å². The second kappa shape index (κ2) is 9.54. The Balaban J connectivity index is 1.57. The SMILES string of the molecule is CCOc1ccc(OC(C)C(=O)Nc2ccc(-c3ccc(OC)nn3)cc2)cc1. The Morgan fingerprint density at radius 1 is 0.966 bits per heavy atom. The third-order valence-electron chi connectivity index (χ3n) is 4.11. The number of carbonyl (C=O) groups excluding carboxylic acids is 1. The zero-order chi connectivity index (χ0) is 20.6. The Morgan fingerprint density at radius 3 is 2.24 bits per heavy atom. The average Bonchev–Trinajstić information content (AvgIpc) is 2.76. The van der Waals surface area contributed by atoms with Gasteiger partial charge >= 0.3 is 0 Å². The summed E-state index contributed by atoms with van der Waals surface area (Å²) in [5, 5.41) is 10.9. The van der Waals surface area contributed by atoms with Gasteiger partial charge < -0.3 is 19.5 Å². The molecule has 1 heterocycles. The molecule has 0 spiro atoms. The summed E-state index contributed by atoms with van der Waals surface area (Å²) >= 11 is 0. The maximum Gasteiger partial charge on any atom is 0.265 e. The molecule has 0 bridgehead atoms. The summed E-state index contributed by atoms with van der Waals surface area (Å²) in [5.74, 6) is 1.58. The van der Waals surface area contributed by atoms with E-state index in [0.29, 0.717) is 23.9 Å². The molecular weight excluding hydrogens is 370 g/mol. The van der Waals surface area contributed by atoms with Crippen molar-refractivity contribution in [3.63, 3.8) is 0 Å². The number of hydrogen-bond donors (Lipinski definition) is 1. The topological polar surface area (TPSA) is 82.6 Å². The molecule has 1 amide bonds. The molecule has 1 N–H and O–H groups in total. The van der Waals surface area contributed by atoms with Gasteiger partial charge in [0.2, 0.25) is 5.88 Å². The first-order valence-electron chi connectivity index (χ1n) is 9.27. The molecule has 29 heavy (non-hydrogen) atoms. The highest BCUT2D eigenvalue weighted by molar-refractivity contribution is 5.94. The predicted octanol–water partition coefficient (Wildman–Crippen LogP) is 3.96. The van der Waals surface area contributed by atoms with Crippen molar-refractivity contribution in [1.29, 1.82) is 0 Å². The number of aromatic nitrogens is 2. The number of amides is 1. The Kier molecular flexibility index (Phi) is 6.63. The van der Waals surface area contributed by atoms with Gasteiger partial charge in [0.05, 0.1) is 19.4 Å². The van der Waals surface area contributed by atoms with Crippen LogP contribution in [0, 0.1) is 0 Å². The van der Waals surface area contributed by atoms with E-state index in [9.17, 15) is 4.79 Å². The first kappa shape index (κ1) is 20.1. The molecule has 1 unspecified atom stereocenters. The van der Waals surface area contributed by atoms with Gasteiger partial charge in [-0.2, -0.15) is 0 Å². The molecule has 0 aliphatic rings. The van der Waals surface area contributed by atoms with Crippen molar-refractivity contribution in [2.75, 3.05) is 19.0 Å². The molecule has 3 rings (SSSR count). The summed E-state index contributed by atoms with van der Waals surface area (Å²) < 4.78 is 16.1. The fraction of sp³-hybridized carbons (Fsp3) is 0.227. The Labute approximate surface area is 169 Å². The molecule has 150 valence electrons. The van der Waals surface area contributed by atoms with Gasteiger partial charge in [-0.3, -0.25) is 4.79 Å². The number of nitrogens with zero attached hydrogens (tertiary/aromatic N) is 2. The third kappa shape index (κ3) is 5.44. The normalized spacial score (nSPS) is 11.4. The van der Waals surface area contributed by atoms with E-state index in [2.05, 4.69) is 15.5 Å². The lowest BCUT2D eigenvalue weighted by Gasteiger charge is -2.15. The van der Waals surface area contributed by atoms with Crippen molar-refractivity contribution >= 4 is 11.6 Å². The van der Waals surface area contributed by atoms with E-state index < -0.39 is 6.10 Å². The van der Waals surface area contributed by atoms with Gasteiger partial charge in [0, 0.05) is 17.3 Å². The second-order valence-corrected chi connectivity index (χ2v) is 6.19. The number of benzene rings is 2. The summed E-state index contributed by atoms with van der Waals surface area (Å²) in [6, 6.07) is 18.1. The first-order valence-corrected chi connectivity index (χ1v) is 9.27. The smallest absolute Gasteiger partial charge is 0.265 e. The van der Waals surface area contributed by atoms with Gasteiger partial charge in [-0.15, -0.1) is 10.2 Å². The standard InChI is InChI=1S/C22H23N3O4/c1-4-28-18-9-11-19(12-10-18)29-15(2)22(26)23-17-7-5-16(6-8-17)20-13-14-21(27-3)25-24-20/h5-15H,4H2,1-3H3,(H,23,26). The van der Waals surface area contributed by atoms with E-state index in [0.717, 1.165) is 17.0 Å². The van der Waals surface area contributed by atoms with Gasteiger partial charge in [0.15, 0.2) is 6.10 Å². The Morgan fingerprint density at radius 2 is 1.66 bits per heavy atom. The molecule has 0 aliphatic heterocycles. The largest absolute Gasteiger partial charge is 0.494 e. The van der Waals surface area contributed by atoms with Crippen LogP contribution in [0.5, 0.6) is 17.4 Å². The molecule has 0 saturated carbocycles. The van der Waals surface area contributed by atoms with Crippen molar-refractivity contribution in [1.82, 2.24) is 10.2 Å². The van der Waals surface area contributed by atoms with Crippen molar-refractivity contribution in [3.05, 3.63) is 60.7 Å². The van der Waals surface area contributed by atoms with E-state index in [4.69, 9.17) is 14.2 Å². The van der Waals surface area contributed by atoms with E-state index in [1.165, 1.54) is 0 Å². The number of methoxy groups -OCH3 is 1. The monoisotopic (exact) mass is 393 g/mol. The first-order chi connectivity index (χ1) is 14.1. The van der Waals surface area contributed by atoms with Crippen LogP contribution in [0.25, 0.3) is 11.3 Å². The van der Waals surface area contributed by atoms with Gasteiger partial charge in [0.25, 0.3) is 5.91 Å². The van der Waals surface area contributed by atoms with Crippen LogP contribution in [0.15, 0.2) is 60.7 Å². The van der Waals surface area contributed by atoms with Crippen molar-refractivity contribution in [2.24, 2.45) is 0 Å². The molecule has 7 nitrogen and oxygen atoms in total. The lowest BCUT2D eigenvalue weighted by atomic mass is 10.1. The van der Waals surface area contributed by atoms with Crippen LogP contribution in [0.4, 0.5) is 5.69 Å². The summed E-state index contributed by atoms with van der Waals surface area (Å²) in [7, 11) is 1.54. The molecule has 0 saturated heterocycles. The predicted molar refractivity (Wildman–Crippen MR) is 110 cm³/mol. The van der Waals surface area contributed by atoms with Crippen molar-refractivity contribution in [2.45, 2.75) is 20.0 Å². The number of hydrogen-bond acceptors (Lipinski definition) is 6. The van der Waals surface area contributed by atoms with Gasteiger partial charge in [-0.05, 0) is 56.3 Å². The van der Waals surface area contributed by atoms with Crippen LogP contribution in [0.2, 0.25) is 0 Å². The minimum atomic E-state index is -0.653. The molecule has 0 fully saturated rings. The summed E-state index contributed by atoms with van der Waals surface area (Å²) in [6.45, 7) is 4.23. The van der Waals surface area contributed by atoms with Crippen LogP contribution in [-0.4, -0.2) is 35.9 Å². The minimum absolute atomic E-state index is 0.240. The van der Waals surface area contributed by atoms with Crippen LogP contribution in [0.1, 0.15) is 13.8 Å². The average molecular weight is 393 g/mol. The second-order valence-electron chi connectivity index (χ2n) is 6.19. The van der Waals surface area contributed by atoms with Crippen LogP contribution in [0.3, 0.4) is 0 Å². The molecule has 7 heteroatoms.